The Balaban J connectivity index is 1.52. The van der Waals surface area contributed by atoms with Crippen molar-refractivity contribution in [1.82, 2.24) is 9.97 Å². The van der Waals surface area contributed by atoms with Crippen LogP contribution in [-0.2, 0) is 0 Å². The largest absolute Gasteiger partial charge is 0.497 e. The number of rotatable bonds is 8. The fraction of sp³-hybridized carbons (Fsp3) is 0.0690. The van der Waals surface area contributed by atoms with Crippen LogP contribution in [0.3, 0.4) is 0 Å². The Labute approximate surface area is 217 Å². The Hall–Kier alpha value is -5.05. The highest BCUT2D eigenvalue weighted by Crippen LogP contribution is 2.32. The van der Waals surface area contributed by atoms with Gasteiger partial charge in [0, 0.05) is 34.6 Å². The van der Waals surface area contributed by atoms with Gasteiger partial charge in [-0.15, -0.1) is 0 Å². The van der Waals surface area contributed by atoms with Crippen molar-refractivity contribution < 1.29 is 23.0 Å². The van der Waals surface area contributed by atoms with Gasteiger partial charge in [0.2, 0.25) is 0 Å². The molecule has 38 heavy (non-hydrogen) atoms. The highest BCUT2D eigenvalue weighted by Gasteiger charge is 2.13. The highest BCUT2D eigenvalue weighted by atomic mass is 19.3. The number of fused-ring (bicyclic) bond motifs is 1. The van der Waals surface area contributed by atoms with Gasteiger partial charge < -0.3 is 20.1 Å². The van der Waals surface area contributed by atoms with Crippen molar-refractivity contribution in [3.63, 3.8) is 0 Å². The Morgan fingerprint density at radius 3 is 2.42 bits per heavy atom. The van der Waals surface area contributed by atoms with Crippen LogP contribution in [0, 0.1) is 0 Å². The minimum atomic E-state index is -2.94. The van der Waals surface area contributed by atoms with Crippen LogP contribution in [-0.4, -0.2) is 29.6 Å². The molecule has 0 saturated carbocycles. The number of hydrogen-bond donors (Lipinski definition) is 2. The Kier molecular flexibility index (Phi) is 7.08. The van der Waals surface area contributed by atoms with E-state index in [1.54, 1.807) is 61.8 Å². The van der Waals surface area contributed by atoms with E-state index < -0.39 is 6.61 Å². The lowest BCUT2D eigenvalue weighted by molar-refractivity contribution is -0.0498. The molecule has 9 heteroatoms. The van der Waals surface area contributed by atoms with E-state index in [-0.39, 0.29) is 11.7 Å². The van der Waals surface area contributed by atoms with Gasteiger partial charge in [-0.1, -0.05) is 18.2 Å². The normalized spacial score (nSPS) is 10.8. The number of methoxy groups -OCH3 is 1. The second-order valence-corrected chi connectivity index (χ2v) is 8.22. The first kappa shape index (κ1) is 24.6. The molecule has 0 unspecified atom stereocenters. The second-order valence-electron chi connectivity index (χ2n) is 8.22. The van der Waals surface area contributed by atoms with Crippen molar-refractivity contribution in [2.75, 3.05) is 17.7 Å². The zero-order chi connectivity index (χ0) is 26.5. The van der Waals surface area contributed by atoms with Crippen LogP contribution in [0.25, 0.3) is 22.2 Å². The highest BCUT2D eigenvalue weighted by molar-refractivity contribution is 6.06. The number of hydrogen-bond acceptors (Lipinski definition) is 6. The van der Waals surface area contributed by atoms with Crippen LogP contribution in [0.15, 0.2) is 97.2 Å². The van der Waals surface area contributed by atoms with E-state index in [4.69, 9.17) is 9.72 Å². The van der Waals surface area contributed by atoms with Crippen molar-refractivity contribution in [3.8, 4) is 22.9 Å². The van der Waals surface area contributed by atoms with E-state index in [0.717, 1.165) is 5.39 Å². The fourth-order valence-corrected chi connectivity index (χ4v) is 3.90. The maximum atomic E-state index is 12.8. The summed E-state index contributed by atoms with van der Waals surface area (Å²) in [4.78, 5) is 22.0. The molecule has 0 saturated heterocycles. The molecule has 0 aliphatic carbocycles. The van der Waals surface area contributed by atoms with E-state index in [9.17, 15) is 13.6 Å². The molecule has 2 N–H and O–H groups in total. The summed E-state index contributed by atoms with van der Waals surface area (Å²) < 4.78 is 35.2. The summed E-state index contributed by atoms with van der Waals surface area (Å²) in [6, 6.07) is 25.9. The van der Waals surface area contributed by atoms with E-state index in [0.29, 0.717) is 45.3 Å². The third-order valence-corrected chi connectivity index (χ3v) is 5.69. The Morgan fingerprint density at radius 1 is 0.842 bits per heavy atom. The molecule has 1 amide bonds. The van der Waals surface area contributed by atoms with Crippen LogP contribution in [0.5, 0.6) is 11.5 Å². The van der Waals surface area contributed by atoms with Crippen LogP contribution >= 0.6 is 0 Å². The van der Waals surface area contributed by atoms with Crippen molar-refractivity contribution in [1.29, 1.82) is 0 Å². The van der Waals surface area contributed by atoms with Crippen molar-refractivity contribution in [3.05, 3.63) is 103 Å². The molecule has 2 heterocycles. The van der Waals surface area contributed by atoms with Gasteiger partial charge in [0.25, 0.3) is 5.91 Å². The van der Waals surface area contributed by atoms with Gasteiger partial charge in [-0.25, -0.2) is 4.98 Å². The summed E-state index contributed by atoms with van der Waals surface area (Å²) in [5.74, 6) is 0.845. The first-order valence-electron chi connectivity index (χ1n) is 11.6. The first-order chi connectivity index (χ1) is 18.5. The molecule has 7 nitrogen and oxygen atoms in total. The summed E-state index contributed by atoms with van der Waals surface area (Å²) in [5, 5.41) is 7.65. The van der Waals surface area contributed by atoms with Gasteiger partial charge in [-0.05, 0) is 72.1 Å². The number of halogens is 2. The number of pyridine rings is 2. The van der Waals surface area contributed by atoms with Gasteiger partial charge in [-0.3, -0.25) is 9.78 Å². The van der Waals surface area contributed by atoms with Crippen molar-refractivity contribution >= 4 is 33.9 Å². The molecule has 0 fully saturated rings. The van der Waals surface area contributed by atoms with Crippen LogP contribution in [0.2, 0.25) is 0 Å². The SMILES string of the molecule is COc1ccc(C(=O)Nc2ccc3cc(-c4ccccn4)nc(Nc4cccc(OC(F)F)c4)c3c2)cc1. The molecule has 5 aromatic rings. The average molecular weight is 513 g/mol. The predicted octanol–water partition coefficient (Wildman–Crippen LogP) is 6.90. The van der Waals surface area contributed by atoms with Gasteiger partial charge in [-0.2, -0.15) is 8.78 Å². The van der Waals surface area contributed by atoms with Gasteiger partial charge in [0.05, 0.1) is 18.5 Å². The number of aromatic nitrogens is 2. The lowest BCUT2D eigenvalue weighted by Gasteiger charge is -2.14. The quantitative estimate of drug-likeness (QED) is 0.235. The summed E-state index contributed by atoms with van der Waals surface area (Å²) in [5.41, 5.74) is 2.83. The lowest BCUT2D eigenvalue weighted by Crippen LogP contribution is -2.11. The monoisotopic (exact) mass is 512 g/mol. The predicted molar refractivity (Wildman–Crippen MR) is 142 cm³/mol. The number of carbonyl (C=O) groups excluding carboxylic acids is 1. The molecular formula is C29H22F2N4O3. The molecule has 0 bridgehead atoms. The molecule has 3 aromatic carbocycles. The molecular weight excluding hydrogens is 490 g/mol. The third kappa shape index (κ3) is 5.67. The average Bonchev–Trinajstić information content (AvgIpc) is 2.93. The van der Waals surface area contributed by atoms with Crippen LogP contribution in [0.4, 0.5) is 26.0 Å². The van der Waals surface area contributed by atoms with Gasteiger partial charge in [0.1, 0.15) is 17.3 Å². The standard InChI is InChI=1S/C29H22F2N4O3/c1-37-22-12-9-18(10-13-22)28(36)34-21-11-8-19-15-26(25-7-2-3-14-32-25)35-27(24(19)17-21)33-20-5-4-6-23(16-20)38-29(30)31/h2-17,29H,1H3,(H,33,35)(H,34,36). The minimum Gasteiger partial charge on any atom is -0.497 e. The number of alkyl halides is 2. The molecule has 190 valence electrons. The molecule has 0 spiro atoms. The molecule has 2 aromatic heterocycles. The maximum absolute atomic E-state index is 12.8. The number of nitrogens with zero attached hydrogens (tertiary/aromatic N) is 2. The summed E-state index contributed by atoms with van der Waals surface area (Å²) in [7, 11) is 1.56. The second kappa shape index (κ2) is 10.9. The Bertz CT molecular complexity index is 1580. The van der Waals surface area contributed by atoms with Gasteiger partial charge >= 0.3 is 6.61 Å². The topological polar surface area (TPSA) is 85.4 Å². The van der Waals surface area contributed by atoms with Crippen LogP contribution < -0.4 is 20.1 Å². The van der Waals surface area contributed by atoms with Gasteiger partial charge in [0.15, 0.2) is 0 Å². The number of anilines is 3. The molecule has 0 aliphatic heterocycles. The number of benzene rings is 3. The van der Waals surface area contributed by atoms with E-state index >= 15 is 0 Å². The lowest BCUT2D eigenvalue weighted by atomic mass is 10.1. The summed E-state index contributed by atoms with van der Waals surface area (Å²) >= 11 is 0. The summed E-state index contributed by atoms with van der Waals surface area (Å²) in [6.07, 6.45) is 1.68. The van der Waals surface area contributed by atoms with Crippen molar-refractivity contribution in [2.45, 2.75) is 6.61 Å². The molecule has 5 rings (SSSR count). The zero-order valence-corrected chi connectivity index (χ0v) is 20.2. The Morgan fingerprint density at radius 2 is 1.68 bits per heavy atom. The van der Waals surface area contributed by atoms with E-state index in [2.05, 4.69) is 20.4 Å². The molecule has 0 radical (unpaired) electrons. The zero-order valence-electron chi connectivity index (χ0n) is 20.2. The van der Waals surface area contributed by atoms with E-state index in [1.807, 2.05) is 30.3 Å². The summed E-state index contributed by atoms with van der Waals surface area (Å²) in [6.45, 7) is -2.94. The fourth-order valence-electron chi connectivity index (χ4n) is 3.90. The molecule has 0 atom stereocenters. The smallest absolute Gasteiger partial charge is 0.387 e. The van der Waals surface area contributed by atoms with E-state index in [1.165, 1.54) is 12.1 Å². The number of amides is 1. The maximum Gasteiger partial charge on any atom is 0.387 e. The molecule has 0 aliphatic rings. The van der Waals surface area contributed by atoms with Crippen LogP contribution in [0.1, 0.15) is 10.4 Å². The third-order valence-electron chi connectivity index (χ3n) is 5.69. The van der Waals surface area contributed by atoms with Crippen molar-refractivity contribution in [2.24, 2.45) is 0 Å². The minimum absolute atomic E-state index is 0.0163. The number of nitrogens with one attached hydrogen (secondary N) is 2. The number of ether oxygens (including phenoxy) is 2. The first-order valence-corrected chi connectivity index (χ1v) is 11.6. The number of carbonyl (C=O) groups is 1.